The number of anilines is 1. The van der Waals surface area contributed by atoms with E-state index >= 15 is 0 Å². The van der Waals surface area contributed by atoms with Crippen molar-refractivity contribution in [1.82, 2.24) is 0 Å². The van der Waals surface area contributed by atoms with Gasteiger partial charge in [-0.3, -0.25) is 4.79 Å². The van der Waals surface area contributed by atoms with E-state index in [1.807, 2.05) is 0 Å². The summed E-state index contributed by atoms with van der Waals surface area (Å²) < 4.78 is 4.68. The molecule has 0 unspecified atom stereocenters. The number of nitrogens with one attached hydrogen (secondary N) is 1. The van der Waals surface area contributed by atoms with E-state index in [-0.39, 0.29) is 5.91 Å². The molecule has 5 heteroatoms. The maximum atomic E-state index is 11.9. The second-order valence-electron chi connectivity index (χ2n) is 4.41. The molecule has 0 spiro atoms. The van der Waals surface area contributed by atoms with Crippen molar-refractivity contribution in [3.8, 4) is 0 Å². The monoisotopic (exact) mass is 315 g/mol. The lowest BCUT2D eigenvalue weighted by molar-refractivity contribution is -0.111. The second kappa shape index (κ2) is 7.43. The molecular formula is C17H14ClNO3. The van der Waals surface area contributed by atoms with Gasteiger partial charge < -0.3 is 10.1 Å². The van der Waals surface area contributed by atoms with Crippen molar-refractivity contribution in [2.24, 2.45) is 0 Å². The van der Waals surface area contributed by atoms with Crippen LogP contribution in [0.4, 0.5) is 5.69 Å². The molecule has 0 aliphatic rings. The Hall–Kier alpha value is -2.59. The number of ether oxygens (including phenoxy) is 1. The Morgan fingerprint density at radius 3 is 2.45 bits per heavy atom. The van der Waals surface area contributed by atoms with E-state index < -0.39 is 5.97 Å². The summed E-state index contributed by atoms with van der Waals surface area (Å²) in [6.45, 7) is 0. The van der Waals surface area contributed by atoms with E-state index in [4.69, 9.17) is 11.6 Å². The van der Waals surface area contributed by atoms with Gasteiger partial charge in [0.05, 0.1) is 18.4 Å². The summed E-state index contributed by atoms with van der Waals surface area (Å²) in [4.78, 5) is 23.6. The molecule has 112 valence electrons. The molecule has 4 nitrogen and oxygen atoms in total. The summed E-state index contributed by atoms with van der Waals surface area (Å²) in [5, 5.41) is 3.29. The van der Waals surface area contributed by atoms with Crippen LogP contribution in [0.2, 0.25) is 5.02 Å². The van der Waals surface area contributed by atoms with Crippen molar-refractivity contribution in [3.05, 3.63) is 70.8 Å². The lowest BCUT2D eigenvalue weighted by Crippen LogP contribution is -2.12. The topological polar surface area (TPSA) is 55.4 Å². The van der Waals surface area contributed by atoms with Crippen LogP contribution in [-0.2, 0) is 9.53 Å². The Labute approximate surface area is 133 Å². The number of methoxy groups -OCH3 is 1. The van der Waals surface area contributed by atoms with Crippen LogP contribution in [0.15, 0.2) is 54.6 Å². The van der Waals surface area contributed by atoms with Crippen molar-refractivity contribution in [1.29, 1.82) is 0 Å². The van der Waals surface area contributed by atoms with Gasteiger partial charge in [-0.05, 0) is 35.9 Å². The third-order valence-electron chi connectivity index (χ3n) is 2.89. The van der Waals surface area contributed by atoms with Crippen LogP contribution in [0.1, 0.15) is 15.9 Å². The van der Waals surface area contributed by atoms with Gasteiger partial charge in [-0.2, -0.15) is 0 Å². The van der Waals surface area contributed by atoms with Gasteiger partial charge in [-0.25, -0.2) is 4.79 Å². The van der Waals surface area contributed by atoms with Crippen molar-refractivity contribution < 1.29 is 14.3 Å². The normalized spacial score (nSPS) is 10.5. The first kappa shape index (κ1) is 15.8. The minimum absolute atomic E-state index is 0.304. The minimum Gasteiger partial charge on any atom is -0.465 e. The van der Waals surface area contributed by atoms with Gasteiger partial charge in [0, 0.05) is 11.1 Å². The van der Waals surface area contributed by atoms with Crippen molar-refractivity contribution in [3.63, 3.8) is 0 Å². The van der Waals surface area contributed by atoms with Crippen molar-refractivity contribution in [2.45, 2.75) is 0 Å². The van der Waals surface area contributed by atoms with Crippen LogP contribution in [-0.4, -0.2) is 19.0 Å². The summed E-state index contributed by atoms with van der Waals surface area (Å²) in [7, 11) is 1.29. The molecule has 0 heterocycles. The van der Waals surface area contributed by atoms with E-state index in [0.717, 1.165) is 5.56 Å². The van der Waals surface area contributed by atoms with Gasteiger partial charge in [0.15, 0.2) is 0 Å². The van der Waals surface area contributed by atoms with Crippen molar-refractivity contribution >= 4 is 35.2 Å². The molecule has 0 aromatic heterocycles. The number of carbonyl (C=O) groups excluding carboxylic acids is 2. The number of carbonyl (C=O) groups is 2. The zero-order valence-corrected chi connectivity index (χ0v) is 12.6. The van der Waals surface area contributed by atoms with Crippen LogP contribution < -0.4 is 5.32 Å². The average molecular weight is 316 g/mol. The summed E-state index contributed by atoms with van der Waals surface area (Å²) >= 11 is 5.80. The largest absolute Gasteiger partial charge is 0.465 e. The Bertz CT molecular complexity index is 708. The number of benzene rings is 2. The number of halogens is 1. The molecule has 0 bridgehead atoms. The van der Waals surface area contributed by atoms with E-state index in [9.17, 15) is 9.59 Å². The number of amides is 1. The summed E-state index contributed by atoms with van der Waals surface area (Å²) in [5.74, 6) is -0.844. The molecular weight excluding hydrogens is 302 g/mol. The van der Waals surface area contributed by atoms with Crippen molar-refractivity contribution in [2.75, 3.05) is 12.4 Å². The standard InChI is InChI=1S/C17H14ClNO3/c1-22-17(21)14-4-2-3-5-15(14)19-16(20)11-8-12-6-9-13(18)10-7-12/h2-11H,1H3,(H,19,20). The van der Waals surface area contributed by atoms with Crippen LogP contribution in [0.5, 0.6) is 0 Å². The van der Waals surface area contributed by atoms with E-state index in [1.165, 1.54) is 13.2 Å². The Morgan fingerprint density at radius 1 is 1.09 bits per heavy atom. The first-order valence-electron chi connectivity index (χ1n) is 6.52. The van der Waals surface area contributed by atoms with E-state index in [2.05, 4.69) is 10.1 Å². The highest BCUT2D eigenvalue weighted by Gasteiger charge is 2.11. The molecule has 2 aromatic carbocycles. The third kappa shape index (κ3) is 4.20. The summed E-state index contributed by atoms with van der Waals surface area (Å²) in [6.07, 6.45) is 3.05. The number of hydrogen-bond donors (Lipinski definition) is 1. The zero-order chi connectivity index (χ0) is 15.9. The molecule has 0 radical (unpaired) electrons. The molecule has 0 saturated heterocycles. The highest BCUT2D eigenvalue weighted by atomic mass is 35.5. The number of esters is 1. The maximum Gasteiger partial charge on any atom is 0.339 e. The molecule has 0 fully saturated rings. The van der Waals surface area contributed by atoms with E-state index in [0.29, 0.717) is 16.3 Å². The number of para-hydroxylation sites is 1. The average Bonchev–Trinajstić information content (AvgIpc) is 2.54. The van der Waals surface area contributed by atoms with Gasteiger partial charge in [0.25, 0.3) is 0 Å². The zero-order valence-electron chi connectivity index (χ0n) is 11.9. The molecule has 0 atom stereocenters. The van der Waals surface area contributed by atoms with Crippen LogP contribution in [0, 0.1) is 0 Å². The van der Waals surface area contributed by atoms with Gasteiger partial charge in [-0.15, -0.1) is 0 Å². The molecule has 22 heavy (non-hydrogen) atoms. The molecule has 1 N–H and O–H groups in total. The van der Waals surface area contributed by atoms with Gasteiger partial charge in [0.2, 0.25) is 5.91 Å². The maximum absolute atomic E-state index is 11.9. The number of hydrogen-bond acceptors (Lipinski definition) is 3. The van der Waals surface area contributed by atoms with Gasteiger partial charge in [-0.1, -0.05) is 35.9 Å². The molecule has 0 aliphatic heterocycles. The van der Waals surface area contributed by atoms with Crippen LogP contribution in [0.25, 0.3) is 6.08 Å². The van der Waals surface area contributed by atoms with Gasteiger partial charge in [0.1, 0.15) is 0 Å². The third-order valence-corrected chi connectivity index (χ3v) is 3.14. The summed E-state index contributed by atoms with van der Waals surface area (Å²) in [6, 6.07) is 13.7. The molecule has 2 aromatic rings. The predicted octanol–water partition coefficient (Wildman–Crippen LogP) is 3.78. The molecule has 0 saturated carbocycles. The first-order valence-corrected chi connectivity index (χ1v) is 6.90. The smallest absolute Gasteiger partial charge is 0.339 e. The van der Waals surface area contributed by atoms with E-state index in [1.54, 1.807) is 54.6 Å². The second-order valence-corrected chi connectivity index (χ2v) is 4.85. The first-order chi connectivity index (χ1) is 10.6. The fraction of sp³-hybridized carbons (Fsp3) is 0.0588. The Balaban J connectivity index is 2.09. The minimum atomic E-state index is -0.502. The SMILES string of the molecule is COC(=O)c1ccccc1NC(=O)C=Cc1ccc(Cl)cc1. The molecule has 2 rings (SSSR count). The Morgan fingerprint density at radius 2 is 1.77 bits per heavy atom. The number of rotatable bonds is 4. The Kier molecular flexibility index (Phi) is 5.33. The van der Waals surface area contributed by atoms with Gasteiger partial charge >= 0.3 is 5.97 Å². The highest BCUT2D eigenvalue weighted by molar-refractivity contribution is 6.30. The quantitative estimate of drug-likeness (QED) is 0.690. The highest BCUT2D eigenvalue weighted by Crippen LogP contribution is 2.16. The van der Waals surface area contributed by atoms with Crippen LogP contribution in [0.3, 0.4) is 0 Å². The summed E-state index contributed by atoms with van der Waals surface area (Å²) in [5.41, 5.74) is 1.55. The molecule has 1 amide bonds. The predicted molar refractivity (Wildman–Crippen MR) is 86.9 cm³/mol. The lowest BCUT2D eigenvalue weighted by Gasteiger charge is -2.07. The molecule has 0 aliphatic carbocycles. The van der Waals surface area contributed by atoms with Crippen LogP contribution >= 0.6 is 11.6 Å². The lowest BCUT2D eigenvalue weighted by atomic mass is 10.1. The fourth-order valence-corrected chi connectivity index (χ4v) is 1.93. The fourth-order valence-electron chi connectivity index (χ4n) is 1.80.